The smallest absolute Gasteiger partial charge is 0.336 e. The van der Waals surface area contributed by atoms with E-state index in [1.165, 1.54) is 6.07 Å². The third-order valence-corrected chi connectivity index (χ3v) is 4.83. The van der Waals surface area contributed by atoms with Crippen LogP contribution in [-0.2, 0) is 17.9 Å². The van der Waals surface area contributed by atoms with Crippen molar-refractivity contribution in [2.45, 2.75) is 20.0 Å². The fourth-order valence-corrected chi connectivity index (χ4v) is 3.42. The molecule has 0 spiro atoms. The van der Waals surface area contributed by atoms with Gasteiger partial charge in [0, 0.05) is 48.7 Å². The summed E-state index contributed by atoms with van der Waals surface area (Å²) >= 11 is 0. The molecule has 156 valence electrons. The quantitative estimate of drug-likeness (QED) is 0.466. The normalized spacial score (nSPS) is 11.0. The van der Waals surface area contributed by atoms with Crippen LogP contribution < -0.4 is 10.9 Å². The first-order valence-corrected chi connectivity index (χ1v) is 9.93. The van der Waals surface area contributed by atoms with Gasteiger partial charge in [-0.1, -0.05) is 12.1 Å². The number of benzene rings is 1. The Morgan fingerprint density at radius 2 is 1.65 bits per heavy atom. The monoisotopic (exact) mass is 414 g/mol. The maximum absolute atomic E-state index is 12.8. The lowest BCUT2D eigenvalue weighted by Gasteiger charge is -2.21. The summed E-state index contributed by atoms with van der Waals surface area (Å²) in [5, 5.41) is 3.73. The second-order valence-electron chi connectivity index (χ2n) is 7.29. The van der Waals surface area contributed by atoms with Crippen LogP contribution in [-0.4, -0.2) is 27.3 Å². The average Bonchev–Trinajstić information content (AvgIpc) is 2.74. The SMILES string of the molecule is Cc1cc(=O)oc2cc(NC(=O)CN(Cc3ccccn3)Cc3ccccn3)ccc12. The topological polar surface area (TPSA) is 88.3 Å². The maximum Gasteiger partial charge on any atom is 0.336 e. The average molecular weight is 414 g/mol. The molecule has 0 fully saturated rings. The van der Waals surface area contributed by atoms with Gasteiger partial charge in [0.05, 0.1) is 17.9 Å². The number of amides is 1. The predicted octanol–water partition coefficient (Wildman–Crippen LogP) is 3.53. The van der Waals surface area contributed by atoms with Crippen molar-refractivity contribution >= 4 is 22.6 Å². The first-order chi connectivity index (χ1) is 15.1. The molecule has 7 nitrogen and oxygen atoms in total. The molecule has 0 atom stereocenters. The van der Waals surface area contributed by atoms with Crippen LogP contribution in [0, 0.1) is 6.92 Å². The Hall–Kier alpha value is -3.84. The van der Waals surface area contributed by atoms with Crippen LogP contribution in [0.4, 0.5) is 5.69 Å². The van der Waals surface area contributed by atoms with Gasteiger partial charge in [0.25, 0.3) is 0 Å². The largest absolute Gasteiger partial charge is 0.423 e. The number of carbonyl (C=O) groups is 1. The molecule has 4 rings (SSSR count). The molecule has 0 radical (unpaired) electrons. The van der Waals surface area contributed by atoms with Gasteiger partial charge in [-0.3, -0.25) is 19.7 Å². The van der Waals surface area contributed by atoms with E-state index in [4.69, 9.17) is 4.42 Å². The van der Waals surface area contributed by atoms with Crippen LogP contribution in [0.2, 0.25) is 0 Å². The Labute approximate surface area is 179 Å². The molecule has 0 saturated heterocycles. The molecule has 0 aliphatic rings. The molecule has 1 aromatic carbocycles. The lowest BCUT2D eigenvalue weighted by molar-refractivity contribution is -0.117. The van der Waals surface area contributed by atoms with Gasteiger partial charge in [-0.15, -0.1) is 0 Å². The summed E-state index contributed by atoms with van der Waals surface area (Å²) in [5.74, 6) is -0.179. The third-order valence-electron chi connectivity index (χ3n) is 4.83. The van der Waals surface area contributed by atoms with Crippen LogP contribution in [0.15, 0.2) is 82.3 Å². The highest BCUT2D eigenvalue weighted by Gasteiger charge is 2.14. The van der Waals surface area contributed by atoms with E-state index in [0.717, 1.165) is 22.3 Å². The first kappa shape index (κ1) is 20.4. The number of nitrogens with one attached hydrogen (secondary N) is 1. The molecular weight excluding hydrogens is 392 g/mol. The Kier molecular flexibility index (Phi) is 6.14. The van der Waals surface area contributed by atoms with E-state index >= 15 is 0 Å². The van der Waals surface area contributed by atoms with Crippen molar-refractivity contribution in [2.75, 3.05) is 11.9 Å². The molecule has 4 aromatic rings. The van der Waals surface area contributed by atoms with Crippen molar-refractivity contribution in [2.24, 2.45) is 0 Å². The van der Waals surface area contributed by atoms with Crippen molar-refractivity contribution in [3.8, 4) is 0 Å². The Bertz CT molecular complexity index is 1200. The number of fused-ring (bicyclic) bond motifs is 1. The van der Waals surface area contributed by atoms with Crippen LogP contribution in [0.25, 0.3) is 11.0 Å². The summed E-state index contributed by atoms with van der Waals surface area (Å²) in [4.78, 5) is 35.2. The highest BCUT2D eigenvalue weighted by Crippen LogP contribution is 2.20. The van der Waals surface area contributed by atoms with E-state index in [-0.39, 0.29) is 12.5 Å². The molecular formula is C24H22N4O3. The van der Waals surface area contributed by atoms with Crippen molar-refractivity contribution in [3.63, 3.8) is 0 Å². The lowest BCUT2D eigenvalue weighted by Crippen LogP contribution is -2.33. The Morgan fingerprint density at radius 3 is 2.26 bits per heavy atom. The van der Waals surface area contributed by atoms with Gasteiger partial charge in [0.2, 0.25) is 5.91 Å². The van der Waals surface area contributed by atoms with Crippen molar-refractivity contribution < 1.29 is 9.21 Å². The Balaban J connectivity index is 1.50. The van der Waals surface area contributed by atoms with Crippen LogP contribution >= 0.6 is 0 Å². The number of rotatable bonds is 7. The highest BCUT2D eigenvalue weighted by molar-refractivity contribution is 5.94. The molecule has 0 bridgehead atoms. The van der Waals surface area contributed by atoms with Gasteiger partial charge in [-0.25, -0.2) is 4.79 Å². The summed E-state index contributed by atoms with van der Waals surface area (Å²) in [5.41, 5.74) is 3.18. The van der Waals surface area contributed by atoms with E-state index in [1.807, 2.05) is 54.3 Å². The van der Waals surface area contributed by atoms with Crippen molar-refractivity contribution in [1.29, 1.82) is 0 Å². The zero-order valence-corrected chi connectivity index (χ0v) is 17.1. The predicted molar refractivity (Wildman–Crippen MR) is 118 cm³/mol. The first-order valence-electron chi connectivity index (χ1n) is 9.93. The molecule has 1 amide bonds. The number of aromatic nitrogens is 2. The molecule has 7 heteroatoms. The molecule has 1 N–H and O–H groups in total. The van der Waals surface area contributed by atoms with E-state index in [1.54, 1.807) is 24.5 Å². The number of hydrogen-bond acceptors (Lipinski definition) is 6. The van der Waals surface area contributed by atoms with Gasteiger partial charge in [0.15, 0.2) is 0 Å². The maximum atomic E-state index is 12.8. The highest BCUT2D eigenvalue weighted by atomic mass is 16.4. The van der Waals surface area contributed by atoms with E-state index in [0.29, 0.717) is 24.4 Å². The second kappa shape index (κ2) is 9.32. The minimum Gasteiger partial charge on any atom is -0.423 e. The van der Waals surface area contributed by atoms with E-state index in [2.05, 4.69) is 15.3 Å². The molecule has 0 aliphatic carbocycles. The van der Waals surface area contributed by atoms with E-state index in [9.17, 15) is 9.59 Å². The third kappa shape index (κ3) is 5.40. The standard InChI is InChI=1S/C24H22N4O3/c1-17-12-24(30)31-22-13-18(8-9-21(17)22)27-23(29)16-28(14-19-6-2-4-10-25-19)15-20-7-3-5-11-26-20/h2-13H,14-16H2,1H3,(H,27,29). The summed E-state index contributed by atoms with van der Waals surface area (Å²) in [6.45, 7) is 3.03. The number of hydrogen-bond donors (Lipinski definition) is 1. The number of anilines is 1. The van der Waals surface area contributed by atoms with Crippen molar-refractivity contribution in [3.05, 3.63) is 100 Å². The van der Waals surface area contributed by atoms with Gasteiger partial charge in [-0.2, -0.15) is 0 Å². The van der Waals surface area contributed by atoms with Crippen LogP contribution in [0.3, 0.4) is 0 Å². The molecule has 0 unspecified atom stereocenters. The molecule has 0 aliphatic heterocycles. The zero-order chi connectivity index (χ0) is 21.6. The number of aryl methyl sites for hydroxylation is 1. The van der Waals surface area contributed by atoms with Gasteiger partial charge >= 0.3 is 5.63 Å². The van der Waals surface area contributed by atoms with Gasteiger partial charge in [-0.05, 0) is 48.9 Å². The van der Waals surface area contributed by atoms with Gasteiger partial charge < -0.3 is 9.73 Å². The molecule has 0 saturated carbocycles. The fourth-order valence-electron chi connectivity index (χ4n) is 3.42. The zero-order valence-electron chi connectivity index (χ0n) is 17.1. The molecule has 31 heavy (non-hydrogen) atoms. The minimum atomic E-state index is -0.412. The van der Waals surface area contributed by atoms with Gasteiger partial charge in [0.1, 0.15) is 5.58 Å². The minimum absolute atomic E-state index is 0.156. The molecule has 3 aromatic heterocycles. The van der Waals surface area contributed by atoms with Crippen LogP contribution in [0.1, 0.15) is 17.0 Å². The lowest BCUT2D eigenvalue weighted by atomic mass is 10.1. The molecule has 3 heterocycles. The fraction of sp³-hybridized carbons (Fsp3) is 0.167. The Morgan fingerprint density at radius 1 is 0.968 bits per heavy atom. The summed E-state index contributed by atoms with van der Waals surface area (Å²) in [7, 11) is 0. The van der Waals surface area contributed by atoms with Crippen LogP contribution in [0.5, 0.6) is 0 Å². The summed E-state index contributed by atoms with van der Waals surface area (Å²) in [6, 6.07) is 18.2. The van der Waals surface area contributed by atoms with Crippen molar-refractivity contribution in [1.82, 2.24) is 14.9 Å². The second-order valence-corrected chi connectivity index (χ2v) is 7.29. The number of nitrogens with zero attached hydrogens (tertiary/aromatic N) is 3. The van der Waals surface area contributed by atoms with E-state index < -0.39 is 5.63 Å². The number of pyridine rings is 2. The summed E-state index contributed by atoms with van der Waals surface area (Å²) in [6.07, 6.45) is 3.47. The summed E-state index contributed by atoms with van der Waals surface area (Å²) < 4.78 is 5.27. The number of carbonyl (C=O) groups excluding carboxylic acids is 1.